The van der Waals surface area contributed by atoms with Crippen molar-refractivity contribution in [1.29, 1.82) is 0 Å². The van der Waals surface area contributed by atoms with Crippen molar-refractivity contribution < 1.29 is 42.2 Å². The van der Waals surface area contributed by atoms with E-state index in [1.54, 1.807) is 54.4 Å². The summed E-state index contributed by atoms with van der Waals surface area (Å²) in [6, 6.07) is 17.9. The van der Waals surface area contributed by atoms with Crippen molar-refractivity contribution in [2.45, 2.75) is 92.4 Å². The second-order valence-corrected chi connectivity index (χ2v) is 20.1. The maximum atomic E-state index is 14.4. The van der Waals surface area contributed by atoms with Crippen molar-refractivity contribution in [3.8, 4) is 33.8 Å². The molecule has 0 aliphatic rings. The predicted octanol–water partition coefficient (Wildman–Crippen LogP) is 9.64. The Bertz CT molecular complexity index is 3740. The van der Waals surface area contributed by atoms with Crippen LogP contribution in [0.4, 0.5) is 0 Å². The Morgan fingerprint density at radius 2 is 1.06 bits per heavy atom. The average Bonchev–Trinajstić information content (AvgIpc) is 4.22. The van der Waals surface area contributed by atoms with Crippen LogP contribution < -0.4 is 20.9 Å². The summed E-state index contributed by atoms with van der Waals surface area (Å²) in [7, 11) is 3.20. The van der Waals surface area contributed by atoms with Gasteiger partial charge in [0.05, 0.1) is 140 Å². The Hall–Kier alpha value is -8.59. The molecule has 0 bridgehead atoms. The summed E-state index contributed by atoms with van der Waals surface area (Å²) in [6.45, 7) is 13.1. The van der Waals surface area contributed by atoms with Crippen molar-refractivity contribution in [2.24, 2.45) is 0 Å². The fourth-order valence-corrected chi connectivity index (χ4v) is 10.8. The maximum absolute atomic E-state index is 14.4. The van der Waals surface area contributed by atoms with Gasteiger partial charge in [0.2, 0.25) is 0 Å². The van der Waals surface area contributed by atoms with Crippen LogP contribution >= 0.6 is 0 Å². The standard InChI is InChI=1S/C61H65N9O11/c1-36-35-80-40(5)56(36)46-27-50-44(29-54(46)75-7)58-52(31-64-50)67(60(73)69(58)38(3)48-17-9-11-19-62-48)33-42(71)15-13-21-77-23-25-79-26-24-78-22-14-16-43(72)34-68-53-32-65-51-28-47(57-37(2)66-81-41(57)6)55(76-8)30-45(51)59(53)70(61(68)74)39(4)49-18-10-12-20-63-49/h9-12,17-20,27-32,35,38-39H,13-16,21-26,33-34H2,1-8H3. The first-order chi connectivity index (χ1) is 39.3. The van der Waals surface area contributed by atoms with Gasteiger partial charge in [-0.1, -0.05) is 17.3 Å². The zero-order valence-corrected chi connectivity index (χ0v) is 46.8. The number of hydrogen-bond donors (Lipinski definition) is 0. The number of pyridine rings is 4. The Morgan fingerprint density at radius 3 is 1.47 bits per heavy atom. The van der Waals surface area contributed by atoms with Gasteiger partial charge >= 0.3 is 11.4 Å². The average molecular weight is 1100 g/mol. The highest BCUT2D eigenvalue weighted by Gasteiger charge is 2.28. The highest BCUT2D eigenvalue weighted by atomic mass is 16.5. The van der Waals surface area contributed by atoms with E-state index in [2.05, 4.69) is 15.1 Å². The van der Waals surface area contributed by atoms with Crippen LogP contribution in [0.1, 0.15) is 85.8 Å². The zero-order chi connectivity index (χ0) is 56.9. The summed E-state index contributed by atoms with van der Waals surface area (Å²) in [5, 5.41) is 5.52. The molecule has 0 aliphatic carbocycles. The third-order valence-electron chi connectivity index (χ3n) is 14.9. The molecule has 0 spiro atoms. The number of imidazole rings is 2. The Balaban J connectivity index is 0.697. The fourth-order valence-electron chi connectivity index (χ4n) is 10.8. The van der Waals surface area contributed by atoms with Gasteiger partial charge in [-0.25, -0.2) is 9.59 Å². The fraction of sp³-hybridized carbons (Fsp3) is 0.361. The number of Topliss-reactive ketones (excluding diaryl/α,β-unsaturated/α-hetero) is 2. The molecular weight excluding hydrogens is 1030 g/mol. The van der Waals surface area contributed by atoms with Crippen LogP contribution in [0.15, 0.2) is 110 Å². The first-order valence-electron chi connectivity index (χ1n) is 27.1. The molecule has 0 aliphatic heterocycles. The van der Waals surface area contributed by atoms with E-state index in [1.165, 1.54) is 9.13 Å². The summed E-state index contributed by atoms with van der Waals surface area (Å²) in [5.41, 5.74) is 9.25. The molecule has 2 unspecified atom stereocenters. The first kappa shape index (κ1) is 55.7. The Labute approximate surface area is 466 Å². The van der Waals surface area contributed by atoms with Crippen LogP contribution in [0.5, 0.6) is 11.5 Å². The number of nitrogens with zero attached hydrogens (tertiary/aromatic N) is 9. The third-order valence-corrected chi connectivity index (χ3v) is 14.9. The lowest BCUT2D eigenvalue weighted by atomic mass is 9.99. The zero-order valence-electron chi connectivity index (χ0n) is 46.8. The molecular formula is C61H65N9O11. The number of carbonyl (C=O) groups is 2. The van der Waals surface area contributed by atoms with E-state index in [1.807, 2.05) is 102 Å². The molecule has 0 N–H and O–H groups in total. The number of hydrogen-bond acceptors (Lipinski definition) is 16. The van der Waals surface area contributed by atoms with E-state index in [0.717, 1.165) is 33.6 Å². The highest BCUT2D eigenvalue weighted by molar-refractivity contribution is 6.07. The quantitative estimate of drug-likeness (QED) is 0.0460. The van der Waals surface area contributed by atoms with Crippen LogP contribution in [0.25, 0.3) is 66.1 Å². The molecule has 8 heterocycles. The van der Waals surface area contributed by atoms with Gasteiger partial charge < -0.3 is 32.6 Å². The molecule has 0 amide bonds. The van der Waals surface area contributed by atoms with Gasteiger partial charge in [0.15, 0.2) is 11.6 Å². The molecule has 20 heteroatoms. The van der Waals surface area contributed by atoms with Crippen molar-refractivity contribution in [1.82, 2.24) is 43.4 Å². The van der Waals surface area contributed by atoms with Crippen molar-refractivity contribution >= 4 is 55.4 Å². The van der Waals surface area contributed by atoms with Crippen LogP contribution in [0, 0.1) is 27.7 Å². The number of ketones is 2. The molecule has 81 heavy (non-hydrogen) atoms. The van der Waals surface area contributed by atoms with Crippen LogP contribution in [0.2, 0.25) is 0 Å². The molecule has 0 radical (unpaired) electrons. The SMILES string of the molecule is COc1cc2c(cc1-c1c(C)coc1C)ncc1c2n(C(C)c2ccccn2)c(=O)n1CC(=O)CCCOCCOCCOCCCC(=O)Cn1c(=O)n(C(C)c2ccccn2)c2c3cc(OC)c(-c4c(C)noc4C)cc3ncc21. The molecule has 0 saturated carbocycles. The summed E-state index contributed by atoms with van der Waals surface area (Å²) in [5.74, 6) is 2.30. The number of furan rings is 1. The summed E-state index contributed by atoms with van der Waals surface area (Å²) < 4.78 is 46.6. The smallest absolute Gasteiger partial charge is 0.330 e. The minimum absolute atomic E-state index is 0.121. The van der Waals surface area contributed by atoms with Gasteiger partial charge in [-0.2, -0.15) is 0 Å². The molecule has 2 atom stereocenters. The van der Waals surface area contributed by atoms with E-state index in [9.17, 15) is 19.2 Å². The lowest BCUT2D eigenvalue weighted by molar-refractivity contribution is -0.120. The number of benzene rings is 2. The third kappa shape index (κ3) is 11.2. The minimum atomic E-state index is -0.472. The number of ether oxygens (including phenoxy) is 5. The van der Waals surface area contributed by atoms with Crippen LogP contribution in [-0.4, -0.2) is 109 Å². The molecule has 0 fully saturated rings. The molecule has 10 rings (SSSR count). The molecule has 10 aromatic rings. The lowest BCUT2D eigenvalue weighted by Crippen LogP contribution is -2.29. The second-order valence-electron chi connectivity index (χ2n) is 20.1. The molecule has 2 aromatic carbocycles. The van der Waals surface area contributed by atoms with E-state index in [0.29, 0.717) is 131 Å². The number of carbonyl (C=O) groups excluding carboxylic acids is 2. The van der Waals surface area contributed by atoms with E-state index >= 15 is 0 Å². The second kappa shape index (κ2) is 24.4. The normalized spacial score (nSPS) is 12.5. The molecule has 420 valence electrons. The largest absolute Gasteiger partial charge is 0.496 e. The van der Waals surface area contributed by atoms with Gasteiger partial charge in [0.1, 0.15) is 23.0 Å². The topological polar surface area (TPSA) is 225 Å². The maximum Gasteiger partial charge on any atom is 0.330 e. The highest BCUT2D eigenvalue weighted by Crippen LogP contribution is 2.42. The van der Waals surface area contributed by atoms with Gasteiger partial charge in [-0.05, 0) is 108 Å². The predicted molar refractivity (Wildman–Crippen MR) is 305 cm³/mol. The van der Waals surface area contributed by atoms with Gasteiger partial charge in [-0.3, -0.25) is 47.8 Å². The van der Waals surface area contributed by atoms with Gasteiger partial charge in [0.25, 0.3) is 0 Å². The Kier molecular flexibility index (Phi) is 16.8. The Morgan fingerprint density at radius 1 is 0.593 bits per heavy atom. The summed E-state index contributed by atoms with van der Waals surface area (Å²) in [6.07, 6.45) is 9.72. The van der Waals surface area contributed by atoms with Crippen molar-refractivity contribution in [3.05, 3.63) is 147 Å². The summed E-state index contributed by atoms with van der Waals surface area (Å²) >= 11 is 0. The van der Waals surface area contributed by atoms with E-state index in [-0.39, 0.29) is 48.9 Å². The van der Waals surface area contributed by atoms with Crippen LogP contribution in [-0.2, 0) is 36.9 Å². The number of aromatic nitrogens is 9. The van der Waals surface area contributed by atoms with Crippen molar-refractivity contribution in [3.63, 3.8) is 0 Å². The number of fused-ring (bicyclic) bond motifs is 6. The van der Waals surface area contributed by atoms with Gasteiger partial charge in [-0.15, -0.1) is 0 Å². The van der Waals surface area contributed by atoms with E-state index in [4.69, 9.17) is 42.6 Å². The minimum Gasteiger partial charge on any atom is -0.496 e. The number of aryl methyl sites for hydroxylation is 4. The number of rotatable bonds is 26. The number of methoxy groups -OCH3 is 2. The summed E-state index contributed by atoms with van der Waals surface area (Å²) in [4.78, 5) is 74.6. The van der Waals surface area contributed by atoms with Gasteiger partial charge in [0, 0.05) is 65.9 Å². The molecule has 20 nitrogen and oxygen atoms in total. The monoisotopic (exact) mass is 1100 g/mol. The van der Waals surface area contributed by atoms with Crippen molar-refractivity contribution in [2.75, 3.05) is 53.9 Å². The first-order valence-corrected chi connectivity index (χ1v) is 27.1. The molecule has 8 aromatic heterocycles. The lowest BCUT2D eigenvalue weighted by Gasteiger charge is -2.15. The van der Waals surface area contributed by atoms with Crippen LogP contribution in [0.3, 0.4) is 0 Å². The molecule has 0 saturated heterocycles. The van der Waals surface area contributed by atoms with E-state index < -0.39 is 12.1 Å².